The van der Waals surface area contributed by atoms with Gasteiger partial charge < -0.3 is 11.1 Å². The highest BCUT2D eigenvalue weighted by molar-refractivity contribution is 5.95. The first-order chi connectivity index (χ1) is 7.56. The molecule has 0 aliphatic heterocycles. The molecule has 0 aliphatic carbocycles. The number of carbonyl (C=O) groups is 1. The summed E-state index contributed by atoms with van der Waals surface area (Å²) >= 11 is 0. The molecule has 1 heterocycles. The number of hydrogen-bond acceptors (Lipinski definition) is 3. The van der Waals surface area contributed by atoms with E-state index in [-0.39, 0.29) is 11.9 Å². The molecule has 4 N–H and O–H groups in total. The van der Waals surface area contributed by atoms with Crippen LogP contribution in [0.4, 0.5) is 0 Å². The third-order valence-electron chi connectivity index (χ3n) is 2.67. The zero-order valence-electron chi connectivity index (χ0n) is 10.1. The van der Waals surface area contributed by atoms with Crippen molar-refractivity contribution < 1.29 is 4.79 Å². The predicted octanol–water partition coefficient (Wildman–Crippen LogP) is 0.821. The Morgan fingerprint density at radius 3 is 2.75 bits per heavy atom. The van der Waals surface area contributed by atoms with Crippen molar-refractivity contribution >= 4 is 5.91 Å². The third kappa shape index (κ3) is 3.06. The Morgan fingerprint density at radius 1 is 1.62 bits per heavy atom. The molecular formula is C11H20N4O. The number of aromatic nitrogens is 2. The molecule has 1 unspecified atom stereocenters. The van der Waals surface area contributed by atoms with Gasteiger partial charge in [0.15, 0.2) is 0 Å². The van der Waals surface area contributed by atoms with E-state index in [1.807, 2.05) is 6.92 Å². The van der Waals surface area contributed by atoms with Gasteiger partial charge in [-0.3, -0.25) is 9.89 Å². The maximum Gasteiger partial charge on any atom is 0.254 e. The number of aryl methyl sites for hydroxylation is 1. The minimum Gasteiger partial charge on any atom is -0.349 e. The van der Waals surface area contributed by atoms with Crippen molar-refractivity contribution in [2.45, 2.75) is 33.2 Å². The summed E-state index contributed by atoms with van der Waals surface area (Å²) in [6.45, 7) is 6.55. The summed E-state index contributed by atoms with van der Waals surface area (Å²) in [6.07, 6.45) is 2.34. The van der Waals surface area contributed by atoms with Crippen LogP contribution in [-0.4, -0.2) is 28.7 Å². The highest BCUT2D eigenvalue weighted by atomic mass is 16.1. The molecule has 0 saturated heterocycles. The third-order valence-corrected chi connectivity index (χ3v) is 2.67. The van der Waals surface area contributed by atoms with Crippen LogP contribution in [0.15, 0.2) is 6.20 Å². The van der Waals surface area contributed by atoms with E-state index in [4.69, 9.17) is 5.73 Å². The molecule has 0 aromatic carbocycles. The first-order valence-electron chi connectivity index (χ1n) is 5.57. The number of hydrogen-bond donors (Lipinski definition) is 3. The Bertz CT molecular complexity index is 346. The summed E-state index contributed by atoms with van der Waals surface area (Å²) in [5.41, 5.74) is 6.91. The number of nitrogens with two attached hydrogens (primary N) is 1. The second-order valence-corrected chi connectivity index (χ2v) is 4.31. The average molecular weight is 224 g/mol. The van der Waals surface area contributed by atoms with Crippen molar-refractivity contribution in [3.63, 3.8) is 0 Å². The van der Waals surface area contributed by atoms with Crippen LogP contribution in [0.1, 0.15) is 36.3 Å². The molecule has 0 aliphatic rings. The van der Waals surface area contributed by atoms with Gasteiger partial charge in [-0.25, -0.2) is 0 Å². The molecule has 1 aromatic heterocycles. The Hall–Kier alpha value is -1.36. The summed E-state index contributed by atoms with van der Waals surface area (Å²) in [7, 11) is 0. The van der Waals surface area contributed by atoms with Crippen LogP contribution in [0, 0.1) is 12.8 Å². The Morgan fingerprint density at radius 2 is 2.31 bits per heavy atom. The Balaban J connectivity index is 2.65. The van der Waals surface area contributed by atoms with Crippen molar-refractivity contribution in [2.24, 2.45) is 11.7 Å². The molecule has 1 rings (SSSR count). The van der Waals surface area contributed by atoms with Gasteiger partial charge in [0.25, 0.3) is 5.91 Å². The minimum atomic E-state index is -0.0848. The molecule has 0 saturated carbocycles. The van der Waals surface area contributed by atoms with Crippen molar-refractivity contribution in [2.75, 3.05) is 6.54 Å². The first-order valence-corrected chi connectivity index (χ1v) is 5.57. The van der Waals surface area contributed by atoms with Crippen LogP contribution in [0.2, 0.25) is 0 Å². The van der Waals surface area contributed by atoms with Crippen molar-refractivity contribution in [3.05, 3.63) is 17.5 Å². The van der Waals surface area contributed by atoms with E-state index >= 15 is 0 Å². The van der Waals surface area contributed by atoms with Gasteiger partial charge >= 0.3 is 0 Å². The maximum absolute atomic E-state index is 11.9. The molecule has 0 bridgehead atoms. The standard InChI is InChI=1S/C11H20N4O/c1-7(2)10(4-5-12)14-11(16)9-6-13-15-8(9)3/h6-7,10H,4-5,12H2,1-3H3,(H,13,15)(H,14,16). The Labute approximate surface area is 95.8 Å². The molecule has 90 valence electrons. The van der Waals surface area contributed by atoms with Crippen LogP contribution in [0.25, 0.3) is 0 Å². The van der Waals surface area contributed by atoms with Crippen LogP contribution >= 0.6 is 0 Å². The van der Waals surface area contributed by atoms with E-state index in [2.05, 4.69) is 29.4 Å². The van der Waals surface area contributed by atoms with E-state index in [0.717, 1.165) is 12.1 Å². The van der Waals surface area contributed by atoms with Crippen molar-refractivity contribution in [3.8, 4) is 0 Å². The summed E-state index contributed by atoms with van der Waals surface area (Å²) in [4.78, 5) is 11.9. The summed E-state index contributed by atoms with van der Waals surface area (Å²) < 4.78 is 0. The molecule has 1 atom stereocenters. The van der Waals surface area contributed by atoms with E-state index in [1.165, 1.54) is 0 Å². The molecule has 0 fully saturated rings. The smallest absolute Gasteiger partial charge is 0.254 e. The minimum absolute atomic E-state index is 0.0848. The number of aromatic amines is 1. The van der Waals surface area contributed by atoms with E-state index < -0.39 is 0 Å². The molecule has 1 amide bonds. The largest absolute Gasteiger partial charge is 0.349 e. The predicted molar refractivity (Wildman–Crippen MR) is 63.1 cm³/mol. The number of H-pyrrole nitrogens is 1. The fourth-order valence-electron chi connectivity index (χ4n) is 1.58. The lowest BCUT2D eigenvalue weighted by molar-refractivity contribution is 0.0923. The zero-order chi connectivity index (χ0) is 12.1. The lowest BCUT2D eigenvalue weighted by atomic mass is 10.0. The molecule has 0 spiro atoms. The molecule has 5 heteroatoms. The second kappa shape index (κ2) is 5.65. The molecule has 5 nitrogen and oxygen atoms in total. The van der Waals surface area contributed by atoms with E-state index in [1.54, 1.807) is 6.20 Å². The number of nitrogens with zero attached hydrogens (tertiary/aromatic N) is 1. The van der Waals surface area contributed by atoms with E-state index in [9.17, 15) is 4.79 Å². The van der Waals surface area contributed by atoms with Crippen LogP contribution < -0.4 is 11.1 Å². The van der Waals surface area contributed by atoms with Crippen molar-refractivity contribution in [1.82, 2.24) is 15.5 Å². The maximum atomic E-state index is 11.9. The zero-order valence-corrected chi connectivity index (χ0v) is 10.1. The van der Waals surface area contributed by atoms with Gasteiger partial charge in [-0.15, -0.1) is 0 Å². The summed E-state index contributed by atoms with van der Waals surface area (Å²) in [5.74, 6) is 0.290. The number of amides is 1. The van der Waals surface area contributed by atoms with Gasteiger partial charge in [0.1, 0.15) is 0 Å². The van der Waals surface area contributed by atoms with E-state index in [0.29, 0.717) is 18.0 Å². The van der Waals surface area contributed by atoms with Crippen LogP contribution in [0.5, 0.6) is 0 Å². The Kier molecular flexibility index (Phi) is 4.49. The fourth-order valence-corrected chi connectivity index (χ4v) is 1.58. The lowest BCUT2D eigenvalue weighted by Crippen LogP contribution is -2.40. The highest BCUT2D eigenvalue weighted by Crippen LogP contribution is 2.08. The number of rotatable bonds is 5. The topological polar surface area (TPSA) is 83.8 Å². The number of carbonyl (C=O) groups excluding carboxylic acids is 1. The monoisotopic (exact) mass is 224 g/mol. The van der Waals surface area contributed by atoms with Gasteiger partial charge in [-0.05, 0) is 25.8 Å². The number of nitrogens with one attached hydrogen (secondary N) is 2. The molecular weight excluding hydrogens is 204 g/mol. The van der Waals surface area contributed by atoms with Gasteiger partial charge in [0.2, 0.25) is 0 Å². The highest BCUT2D eigenvalue weighted by Gasteiger charge is 2.18. The second-order valence-electron chi connectivity index (χ2n) is 4.31. The molecule has 16 heavy (non-hydrogen) atoms. The van der Waals surface area contributed by atoms with Gasteiger partial charge in [0, 0.05) is 11.7 Å². The van der Waals surface area contributed by atoms with Crippen molar-refractivity contribution in [1.29, 1.82) is 0 Å². The quantitative estimate of drug-likeness (QED) is 0.692. The van der Waals surface area contributed by atoms with Gasteiger partial charge in [-0.1, -0.05) is 13.8 Å². The molecule has 1 aromatic rings. The average Bonchev–Trinajstić information content (AvgIpc) is 2.63. The van der Waals surface area contributed by atoms with Gasteiger partial charge in [0.05, 0.1) is 11.8 Å². The lowest BCUT2D eigenvalue weighted by Gasteiger charge is -2.21. The first kappa shape index (κ1) is 12.7. The molecule has 0 radical (unpaired) electrons. The van der Waals surface area contributed by atoms with Crippen LogP contribution in [0.3, 0.4) is 0 Å². The summed E-state index contributed by atoms with van der Waals surface area (Å²) in [6, 6.07) is 0.117. The van der Waals surface area contributed by atoms with Gasteiger partial charge in [-0.2, -0.15) is 5.10 Å². The fraction of sp³-hybridized carbons (Fsp3) is 0.636. The SMILES string of the molecule is Cc1[nH]ncc1C(=O)NC(CCN)C(C)C. The summed E-state index contributed by atoms with van der Waals surface area (Å²) in [5, 5.41) is 9.56. The normalized spacial score (nSPS) is 12.8. The van der Waals surface area contributed by atoms with Crippen LogP contribution in [-0.2, 0) is 0 Å².